The minimum Gasteiger partial charge on any atom is -0.317 e. The standard InChI is InChI=1S/C14H24N2O2/c1-10(2)14(3)9-12(17)16(13(14)18)11-5-4-7-15-8-6-11/h10-11,15H,4-9H2,1-3H3. The van der Waals surface area contributed by atoms with E-state index in [1.54, 1.807) is 4.90 Å². The topological polar surface area (TPSA) is 49.4 Å². The lowest BCUT2D eigenvalue weighted by Gasteiger charge is -2.29. The molecular formula is C14H24N2O2. The molecule has 2 heterocycles. The highest BCUT2D eigenvalue weighted by Gasteiger charge is 2.51. The summed E-state index contributed by atoms with van der Waals surface area (Å²) in [7, 11) is 0. The number of nitrogens with zero attached hydrogens (tertiary/aromatic N) is 1. The van der Waals surface area contributed by atoms with Crippen LogP contribution in [0.5, 0.6) is 0 Å². The summed E-state index contributed by atoms with van der Waals surface area (Å²) in [4.78, 5) is 26.4. The molecule has 2 fully saturated rings. The van der Waals surface area contributed by atoms with E-state index in [9.17, 15) is 9.59 Å². The van der Waals surface area contributed by atoms with Crippen LogP contribution in [0.15, 0.2) is 0 Å². The van der Waals surface area contributed by atoms with E-state index in [-0.39, 0.29) is 23.8 Å². The van der Waals surface area contributed by atoms with E-state index in [1.165, 1.54) is 0 Å². The van der Waals surface area contributed by atoms with Gasteiger partial charge in [-0.2, -0.15) is 0 Å². The largest absolute Gasteiger partial charge is 0.317 e. The third-order valence-corrected chi connectivity index (χ3v) is 4.68. The van der Waals surface area contributed by atoms with Crippen molar-refractivity contribution in [2.75, 3.05) is 13.1 Å². The molecule has 0 saturated carbocycles. The quantitative estimate of drug-likeness (QED) is 0.759. The number of hydrogen-bond donors (Lipinski definition) is 1. The Morgan fingerprint density at radius 1 is 1.28 bits per heavy atom. The molecule has 2 atom stereocenters. The van der Waals surface area contributed by atoms with Gasteiger partial charge in [-0.3, -0.25) is 14.5 Å². The summed E-state index contributed by atoms with van der Waals surface area (Å²) in [5.41, 5.74) is -0.489. The first kappa shape index (κ1) is 13.5. The molecule has 18 heavy (non-hydrogen) atoms. The number of carbonyl (C=O) groups excluding carboxylic acids is 2. The van der Waals surface area contributed by atoms with E-state index in [1.807, 2.05) is 20.8 Å². The Balaban J connectivity index is 2.18. The van der Waals surface area contributed by atoms with Crippen molar-refractivity contribution < 1.29 is 9.59 Å². The van der Waals surface area contributed by atoms with Gasteiger partial charge in [0.05, 0.1) is 5.41 Å². The molecule has 102 valence electrons. The molecule has 0 radical (unpaired) electrons. The van der Waals surface area contributed by atoms with Crippen LogP contribution in [0.25, 0.3) is 0 Å². The molecule has 0 aromatic rings. The smallest absolute Gasteiger partial charge is 0.236 e. The van der Waals surface area contributed by atoms with E-state index in [0.717, 1.165) is 32.4 Å². The lowest BCUT2D eigenvalue weighted by Crippen LogP contribution is -2.43. The first-order valence-corrected chi connectivity index (χ1v) is 7.04. The number of likely N-dealkylation sites (tertiary alicyclic amines) is 1. The van der Waals surface area contributed by atoms with Crippen molar-refractivity contribution in [1.82, 2.24) is 10.2 Å². The lowest BCUT2D eigenvalue weighted by molar-refractivity contribution is -0.144. The van der Waals surface area contributed by atoms with Crippen molar-refractivity contribution in [2.45, 2.75) is 52.5 Å². The zero-order valence-corrected chi connectivity index (χ0v) is 11.7. The van der Waals surface area contributed by atoms with Gasteiger partial charge in [-0.1, -0.05) is 13.8 Å². The summed E-state index contributed by atoms with van der Waals surface area (Å²) in [5.74, 6) is 0.292. The maximum Gasteiger partial charge on any atom is 0.236 e. The van der Waals surface area contributed by atoms with Crippen molar-refractivity contribution in [1.29, 1.82) is 0 Å². The van der Waals surface area contributed by atoms with Crippen LogP contribution in [-0.4, -0.2) is 35.8 Å². The Morgan fingerprint density at radius 3 is 2.61 bits per heavy atom. The summed E-state index contributed by atoms with van der Waals surface area (Å²) in [5, 5.41) is 3.32. The fraction of sp³-hybridized carbons (Fsp3) is 0.857. The highest BCUT2D eigenvalue weighted by Crippen LogP contribution is 2.40. The van der Waals surface area contributed by atoms with E-state index in [4.69, 9.17) is 0 Å². The highest BCUT2D eigenvalue weighted by atomic mass is 16.2. The first-order valence-electron chi connectivity index (χ1n) is 7.04. The summed E-state index contributed by atoms with van der Waals surface area (Å²) >= 11 is 0. The van der Waals surface area contributed by atoms with Crippen molar-refractivity contribution in [3.05, 3.63) is 0 Å². The van der Waals surface area contributed by atoms with E-state index >= 15 is 0 Å². The van der Waals surface area contributed by atoms with Crippen LogP contribution in [-0.2, 0) is 9.59 Å². The van der Waals surface area contributed by atoms with Gasteiger partial charge >= 0.3 is 0 Å². The monoisotopic (exact) mass is 252 g/mol. The maximum atomic E-state index is 12.6. The van der Waals surface area contributed by atoms with Crippen molar-refractivity contribution in [3.63, 3.8) is 0 Å². The SMILES string of the molecule is CC(C)C1(C)CC(=O)N(C2CCCNCC2)C1=O. The van der Waals surface area contributed by atoms with Crippen LogP contribution < -0.4 is 5.32 Å². The molecule has 0 aliphatic carbocycles. The molecule has 0 spiro atoms. The molecular weight excluding hydrogens is 228 g/mol. The first-order chi connectivity index (χ1) is 8.47. The van der Waals surface area contributed by atoms with Gasteiger partial charge in [0.15, 0.2) is 0 Å². The maximum absolute atomic E-state index is 12.6. The molecule has 0 aromatic heterocycles. The number of hydrogen-bond acceptors (Lipinski definition) is 3. The predicted octanol–water partition coefficient (Wildman–Crippen LogP) is 1.55. The minimum absolute atomic E-state index is 0.0306. The Bertz CT molecular complexity index is 346. The Morgan fingerprint density at radius 2 is 2.00 bits per heavy atom. The molecule has 2 saturated heterocycles. The summed E-state index contributed by atoms with van der Waals surface area (Å²) in [6, 6.07) is 0.112. The van der Waals surface area contributed by atoms with Crippen LogP contribution in [0, 0.1) is 11.3 Å². The number of amides is 2. The van der Waals surface area contributed by atoms with Crippen LogP contribution in [0.1, 0.15) is 46.5 Å². The van der Waals surface area contributed by atoms with Gasteiger partial charge < -0.3 is 5.32 Å². The number of nitrogens with one attached hydrogen (secondary N) is 1. The Hall–Kier alpha value is -0.900. The van der Waals surface area contributed by atoms with Crippen molar-refractivity contribution >= 4 is 11.8 Å². The molecule has 4 heteroatoms. The van der Waals surface area contributed by atoms with Crippen LogP contribution in [0.2, 0.25) is 0 Å². The van der Waals surface area contributed by atoms with Crippen LogP contribution in [0.3, 0.4) is 0 Å². The molecule has 2 rings (SSSR count). The molecule has 2 aliphatic rings. The molecule has 1 N–H and O–H groups in total. The fourth-order valence-electron chi connectivity index (χ4n) is 2.94. The van der Waals surface area contributed by atoms with Gasteiger partial charge in [0, 0.05) is 12.5 Å². The predicted molar refractivity (Wildman–Crippen MR) is 69.9 cm³/mol. The summed E-state index contributed by atoms with van der Waals surface area (Å²) in [6.07, 6.45) is 3.26. The molecule has 2 unspecified atom stereocenters. The van der Waals surface area contributed by atoms with Crippen LogP contribution >= 0.6 is 0 Å². The fourth-order valence-corrected chi connectivity index (χ4v) is 2.94. The van der Waals surface area contributed by atoms with Gasteiger partial charge in [0.1, 0.15) is 0 Å². The van der Waals surface area contributed by atoms with Gasteiger partial charge in [0.25, 0.3) is 0 Å². The molecule has 2 amide bonds. The van der Waals surface area contributed by atoms with Gasteiger partial charge in [0.2, 0.25) is 11.8 Å². The van der Waals surface area contributed by atoms with Crippen molar-refractivity contribution in [3.8, 4) is 0 Å². The normalized spacial score (nSPS) is 34.2. The zero-order chi connectivity index (χ0) is 13.3. The number of imide groups is 1. The Kier molecular flexibility index (Phi) is 3.76. The number of carbonyl (C=O) groups is 2. The lowest BCUT2D eigenvalue weighted by atomic mass is 9.78. The van der Waals surface area contributed by atoms with Crippen LogP contribution in [0.4, 0.5) is 0 Å². The summed E-state index contributed by atoms with van der Waals surface area (Å²) in [6.45, 7) is 7.90. The van der Waals surface area contributed by atoms with Crippen molar-refractivity contribution in [2.24, 2.45) is 11.3 Å². The highest BCUT2D eigenvalue weighted by molar-refractivity contribution is 6.06. The second-order valence-corrected chi connectivity index (χ2v) is 6.15. The van der Waals surface area contributed by atoms with Gasteiger partial charge in [-0.15, -0.1) is 0 Å². The molecule has 0 bridgehead atoms. The summed E-state index contributed by atoms with van der Waals surface area (Å²) < 4.78 is 0. The number of rotatable bonds is 2. The molecule has 0 aromatic carbocycles. The van der Waals surface area contributed by atoms with E-state index < -0.39 is 5.41 Å². The zero-order valence-electron chi connectivity index (χ0n) is 11.7. The van der Waals surface area contributed by atoms with Gasteiger partial charge in [-0.05, 0) is 45.2 Å². The van der Waals surface area contributed by atoms with E-state index in [2.05, 4.69) is 5.32 Å². The second-order valence-electron chi connectivity index (χ2n) is 6.15. The molecule has 4 nitrogen and oxygen atoms in total. The average molecular weight is 252 g/mol. The minimum atomic E-state index is -0.489. The van der Waals surface area contributed by atoms with E-state index in [0.29, 0.717) is 6.42 Å². The molecule has 2 aliphatic heterocycles. The average Bonchev–Trinajstić information content (AvgIpc) is 2.51. The van der Waals surface area contributed by atoms with Gasteiger partial charge in [-0.25, -0.2) is 0 Å². The third-order valence-electron chi connectivity index (χ3n) is 4.68. The second kappa shape index (κ2) is 5.00. The Labute approximate surface area is 109 Å². The third kappa shape index (κ3) is 2.18.